The summed E-state index contributed by atoms with van der Waals surface area (Å²) >= 11 is 0. The van der Waals surface area contributed by atoms with Crippen molar-refractivity contribution in [2.24, 2.45) is 11.6 Å². The summed E-state index contributed by atoms with van der Waals surface area (Å²) in [5.74, 6) is 4.87. The monoisotopic (exact) mass is 89.1 g/mol. The van der Waals surface area contributed by atoms with E-state index in [1.165, 1.54) is 0 Å². The van der Waals surface area contributed by atoms with E-state index < -0.39 is 0 Å². The zero-order valence-electron chi connectivity index (χ0n) is 3.22. The lowest BCUT2D eigenvalue weighted by molar-refractivity contribution is 0.349. The number of hydrazine groups is 1. The maximum atomic E-state index is 5.11. The largest absolute Gasteiger partial charge is 0.336 e. The van der Waals surface area contributed by atoms with Gasteiger partial charge in [-0.1, -0.05) is 0 Å². The number of hydrogen-bond donors (Lipinski definition) is 3. The lowest BCUT2D eigenvalue weighted by atomic mass is 10.7. The van der Waals surface area contributed by atoms with E-state index in [4.69, 9.17) is 11.6 Å². The number of hydrogen-bond acceptors (Lipinski definition) is 4. The molecular weight excluding hydrogens is 82.0 g/mol. The van der Waals surface area contributed by atoms with Gasteiger partial charge in [0, 0.05) is 0 Å². The third-order valence-electron chi connectivity index (χ3n) is 0.690. The Balaban J connectivity index is 2.09. The smallest absolute Gasteiger partial charge is 0.162 e. The number of nitrogens with one attached hydrogen (secondary N) is 1. The first kappa shape index (κ1) is 4.01. The molecule has 4 heteroatoms. The van der Waals surface area contributed by atoms with Crippen LogP contribution in [0.15, 0.2) is 0 Å². The maximum Gasteiger partial charge on any atom is 0.162 e. The Morgan fingerprint density at radius 1 is 1.67 bits per heavy atom. The van der Waals surface area contributed by atoms with Crippen molar-refractivity contribution in [3.63, 3.8) is 0 Å². The van der Waals surface area contributed by atoms with Crippen LogP contribution in [-0.2, 0) is 4.74 Å². The molecule has 0 aromatic heterocycles. The Morgan fingerprint density at radius 2 is 2.17 bits per heavy atom. The molecule has 0 aliphatic carbocycles. The summed E-state index contributed by atoms with van der Waals surface area (Å²) in [5.41, 5.74) is 7.45. The summed E-state index contributed by atoms with van der Waals surface area (Å²) in [7, 11) is 0. The third kappa shape index (κ3) is 0.504. The predicted octanol–water partition coefficient (Wildman–Crippen LogP) is -1.91. The van der Waals surface area contributed by atoms with Gasteiger partial charge in [-0.3, -0.25) is 5.84 Å². The molecule has 0 radical (unpaired) electrons. The lowest BCUT2D eigenvalue weighted by Gasteiger charge is -1.79. The van der Waals surface area contributed by atoms with E-state index in [1.807, 2.05) is 0 Å². The molecule has 1 fully saturated rings. The van der Waals surface area contributed by atoms with Gasteiger partial charge >= 0.3 is 0 Å². The van der Waals surface area contributed by atoms with Crippen LogP contribution in [0.4, 0.5) is 0 Å². The number of ether oxygens (including phenoxy) is 1. The molecular formula is C2H7N3O. The minimum Gasteiger partial charge on any atom is -0.336 e. The highest BCUT2D eigenvalue weighted by atomic mass is 16.6. The maximum absolute atomic E-state index is 5.11. The van der Waals surface area contributed by atoms with Crippen molar-refractivity contribution in [1.29, 1.82) is 0 Å². The van der Waals surface area contributed by atoms with Crippen LogP contribution < -0.4 is 17.0 Å². The van der Waals surface area contributed by atoms with Crippen molar-refractivity contribution in [3.8, 4) is 0 Å². The quantitative estimate of drug-likeness (QED) is 0.199. The number of rotatable bonds is 1. The van der Waals surface area contributed by atoms with Crippen molar-refractivity contribution in [2.75, 3.05) is 0 Å². The van der Waals surface area contributed by atoms with Gasteiger partial charge in [0.2, 0.25) is 0 Å². The van der Waals surface area contributed by atoms with E-state index in [9.17, 15) is 0 Å². The molecule has 1 saturated heterocycles. The van der Waals surface area contributed by atoms with E-state index in [2.05, 4.69) is 10.2 Å². The minimum atomic E-state index is -0.171. The first-order valence-corrected chi connectivity index (χ1v) is 1.72. The third-order valence-corrected chi connectivity index (χ3v) is 0.690. The second-order valence-electron chi connectivity index (χ2n) is 1.19. The molecule has 1 heterocycles. The van der Waals surface area contributed by atoms with Gasteiger partial charge in [0.25, 0.3) is 0 Å². The van der Waals surface area contributed by atoms with E-state index in [0.717, 1.165) is 0 Å². The van der Waals surface area contributed by atoms with Crippen molar-refractivity contribution < 1.29 is 4.74 Å². The van der Waals surface area contributed by atoms with Crippen LogP contribution in [0.3, 0.4) is 0 Å². The first-order chi connectivity index (χ1) is 2.84. The van der Waals surface area contributed by atoms with Crippen LogP contribution >= 0.6 is 0 Å². The van der Waals surface area contributed by atoms with Gasteiger partial charge in [-0.05, 0) is 0 Å². The topological polar surface area (TPSA) is 76.6 Å². The van der Waals surface area contributed by atoms with Crippen molar-refractivity contribution in [1.82, 2.24) is 5.43 Å². The van der Waals surface area contributed by atoms with Gasteiger partial charge in [0.15, 0.2) is 6.23 Å². The SMILES string of the molecule is NNC1O[C@@H]1N. The van der Waals surface area contributed by atoms with Gasteiger partial charge < -0.3 is 10.5 Å². The molecule has 1 aliphatic rings. The van der Waals surface area contributed by atoms with Crippen LogP contribution in [0, 0.1) is 0 Å². The molecule has 36 valence electrons. The van der Waals surface area contributed by atoms with E-state index in [-0.39, 0.29) is 12.5 Å². The average Bonchev–Trinajstić information content (AvgIpc) is 2.19. The van der Waals surface area contributed by atoms with Gasteiger partial charge in [-0.2, -0.15) is 0 Å². The van der Waals surface area contributed by atoms with Crippen LogP contribution in [0.2, 0.25) is 0 Å². The lowest BCUT2D eigenvalue weighted by Crippen LogP contribution is -2.29. The fourth-order valence-electron chi connectivity index (χ4n) is 0.258. The first-order valence-electron chi connectivity index (χ1n) is 1.72. The Morgan fingerprint density at radius 3 is 2.17 bits per heavy atom. The molecule has 1 rings (SSSR count). The van der Waals surface area contributed by atoms with E-state index in [1.54, 1.807) is 0 Å². The fourth-order valence-corrected chi connectivity index (χ4v) is 0.258. The highest BCUT2D eigenvalue weighted by Crippen LogP contribution is 2.09. The normalized spacial score (nSPS) is 43.0. The molecule has 2 atom stereocenters. The highest BCUT2D eigenvalue weighted by molar-refractivity contribution is 4.72. The molecule has 0 aromatic carbocycles. The zero-order valence-corrected chi connectivity index (χ0v) is 3.22. The van der Waals surface area contributed by atoms with E-state index >= 15 is 0 Å². The van der Waals surface area contributed by atoms with Gasteiger partial charge in [0.05, 0.1) is 0 Å². The van der Waals surface area contributed by atoms with Crippen LogP contribution in [0.25, 0.3) is 0 Å². The summed E-state index contributed by atoms with van der Waals surface area (Å²) in [6, 6.07) is 0. The number of epoxide rings is 1. The molecule has 1 unspecified atom stereocenters. The molecule has 0 amide bonds. The average molecular weight is 89.1 g/mol. The van der Waals surface area contributed by atoms with Crippen molar-refractivity contribution in [3.05, 3.63) is 0 Å². The summed E-state index contributed by atoms with van der Waals surface area (Å²) in [6.45, 7) is 0. The predicted molar refractivity (Wildman–Crippen MR) is 20.2 cm³/mol. The standard InChI is InChI=1S/C2H7N3O/c3-1-2(5-4)6-1/h1-2,5H,3-4H2/t1-,2?/m0/s1. The molecule has 6 heavy (non-hydrogen) atoms. The van der Waals surface area contributed by atoms with Gasteiger partial charge in [-0.25, -0.2) is 5.43 Å². The summed E-state index contributed by atoms with van der Waals surface area (Å²) < 4.78 is 4.61. The second kappa shape index (κ2) is 1.16. The molecule has 0 bridgehead atoms. The Bertz CT molecular complexity index is 54.8. The van der Waals surface area contributed by atoms with Crippen molar-refractivity contribution >= 4 is 0 Å². The zero-order chi connectivity index (χ0) is 4.57. The summed E-state index contributed by atoms with van der Waals surface area (Å²) in [4.78, 5) is 0. The molecule has 0 saturated carbocycles. The minimum absolute atomic E-state index is 0.0926. The molecule has 4 nitrogen and oxygen atoms in total. The van der Waals surface area contributed by atoms with Crippen LogP contribution in [0.1, 0.15) is 0 Å². The molecule has 0 spiro atoms. The molecule has 0 aromatic rings. The Hall–Kier alpha value is -0.160. The summed E-state index contributed by atoms with van der Waals surface area (Å²) in [6.07, 6.45) is -0.264. The molecule has 1 aliphatic heterocycles. The van der Waals surface area contributed by atoms with Gasteiger partial charge in [0.1, 0.15) is 6.23 Å². The summed E-state index contributed by atoms with van der Waals surface area (Å²) in [5, 5.41) is 0. The highest BCUT2D eigenvalue weighted by Gasteiger charge is 2.33. The van der Waals surface area contributed by atoms with Crippen molar-refractivity contribution in [2.45, 2.75) is 12.5 Å². The Labute approximate surface area is 35.4 Å². The molecule has 5 N–H and O–H groups in total. The number of nitrogens with two attached hydrogens (primary N) is 2. The van der Waals surface area contributed by atoms with Gasteiger partial charge in [-0.15, -0.1) is 0 Å². The second-order valence-corrected chi connectivity index (χ2v) is 1.19. The fraction of sp³-hybridized carbons (Fsp3) is 1.00. The Kier molecular flexibility index (Phi) is 0.776. The van der Waals surface area contributed by atoms with E-state index in [0.29, 0.717) is 0 Å². The van der Waals surface area contributed by atoms with Crippen LogP contribution in [-0.4, -0.2) is 12.5 Å². The van der Waals surface area contributed by atoms with Crippen LogP contribution in [0.5, 0.6) is 0 Å².